The van der Waals surface area contributed by atoms with Crippen molar-refractivity contribution in [1.82, 2.24) is 0 Å². The van der Waals surface area contributed by atoms with Crippen molar-refractivity contribution in [1.29, 1.82) is 0 Å². The number of hydrogen-bond acceptors (Lipinski definition) is 9. The lowest BCUT2D eigenvalue weighted by Crippen LogP contribution is -2.58. The highest BCUT2D eigenvalue weighted by Crippen LogP contribution is 2.46. The Labute approximate surface area is 255 Å². The van der Waals surface area contributed by atoms with E-state index in [1.54, 1.807) is 19.1 Å². The third kappa shape index (κ3) is 7.09. The number of ether oxygens (including phenoxy) is 4. The first-order valence-corrected chi connectivity index (χ1v) is 15.5. The zero-order valence-corrected chi connectivity index (χ0v) is 26.4. The van der Waals surface area contributed by atoms with Crippen molar-refractivity contribution in [3.63, 3.8) is 0 Å². The number of carbonyl (C=O) groups excluding carboxylic acids is 1. The Bertz CT molecular complexity index is 1170. The molecule has 3 heterocycles. The van der Waals surface area contributed by atoms with Gasteiger partial charge in [0.25, 0.3) is 0 Å². The van der Waals surface area contributed by atoms with Crippen LogP contribution in [0.2, 0.25) is 0 Å². The van der Waals surface area contributed by atoms with Crippen LogP contribution in [0.25, 0.3) is 0 Å². The summed E-state index contributed by atoms with van der Waals surface area (Å²) in [5.74, 6) is -3.29. The van der Waals surface area contributed by atoms with Gasteiger partial charge in [0.05, 0.1) is 25.4 Å². The zero-order chi connectivity index (χ0) is 31.5. The second kappa shape index (κ2) is 13.9. The lowest BCUT2D eigenvalue weighted by molar-refractivity contribution is -0.324. The molecule has 0 amide bonds. The van der Waals surface area contributed by atoms with Crippen molar-refractivity contribution in [3.05, 3.63) is 58.7 Å². The van der Waals surface area contributed by atoms with Crippen molar-refractivity contribution in [3.8, 4) is 0 Å². The van der Waals surface area contributed by atoms with Gasteiger partial charge in [0.1, 0.15) is 29.8 Å². The monoisotopic (exact) mass is 602 g/mol. The second-order valence-electron chi connectivity index (χ2n) is 13.0. The average molecular weight is 603 g/mol. The van der Waals surface area contributed by atoms with Gasteiger partial charge >= 0.3 is 5.97 Å². The van der Waals surface area contributed by atoms with Crippen LogP contribution < -0.4 is 0 Å². The van der Waals surface area contributed by atoms with Crippen LogP contribution in [0.3, 0.4) is 0 Å². The van der Waals surface area contributed by atoms with Crippen molar-refractivity contribution in [2.45, 2.75) is 109 Å². The van der Waals surface area contributed by atoms with Crippen molar-refractivity contribution in [2.75, 3.05) is 19.8 Å². The van der Waals surface area contributed by atoms with E-state index in [1.807, 2.05) is 39.0 Å². The highest BCUT2D eigenvalue weighted by atomic mass is 16.7. The topological polar surface area (TPSA) is 135 Å². The fourth-order valence-corrected chi connectivity index (χ4v) is 6.78. The molecule has 9 nitrogen and oxygen atoms in total. The molecule has 0 aromatic rings. The van der Waals surface area contributed by atoms with Crippen LogP contribution in [-0.4, -0.2) is 88.1 Å². The maximum absolute atomic E-state index is 13.9. The molecule has 3 aliphatic heterocycles. The number of carbonyl (C=O) groups is 1. The van der Waals surface area contributed by atoms with E-state index in [1.165, 1.54) is 5.57 Å². The van der Waals surface area contributed by atoms with Crippen LogP contribution in [0.1, 0.15) is 67.2 Å². The minimum Gasteiger partial charge on any atom is -0.462 e. The summed E-state index contributed by atoms with van der Waals surface area (Å²) in [6.45, 7) is 11.0. The summed E-state index contributed by atoms with van der Waals surface area (Å²) in [6.07, 6.45) is 9.38. The van der Waals surface area contributed by atoms with Crippen molar-refractivity contribution < 1.29 is 44.2 Å². The molecule has 0 spiro atoms. The van der Waals surface area contributed by atoms with Gasteiger partial charge in [0.2, 0.25) is 0 Å². The fraction of sp³-hybridized carbons (Fsp3) is 0.676. The third-order valence-electron chi connectivity index (χ3n) is 9.41. The largest absolute Gasteiger partial charge is 0.462 e. The highest BCUT2D eigenvalue weighted by Gasteiger charge is 2.60. The minimum atomic E-state index is -1.78. The van der Waals surface area contributed by atoms with Gasteiger partial charge in [-0.1, -0.05) is 55.9 Å². The molecule has 0 saturated carbocycles. The molecule has 1 aliphatic carbocycles. The van der Waals surface area contributed by atoms with E-state index in [-0.39, 0.29) is 31.5 Å². The molecule has 0 aromatic heterocycles. The predicted octanol–water partition coefficient (Wildman–Crippen LogP) is 3.67. The standard InChI is InChI=1S/C34H50O9/c1-7-22(4)30(24(6)17-35)43-33(19-36)16-27-15-26(42-33)12-11-21(3)13-20(2)9-8-10-25-18-40-31-29(37)23(5)14-28(32(38)41-27)34(25,31)39/h7-11,14,20,24,26-31,35-37,39H,12-13,15-19H2,1-6H3/b9-8+,21-11+,22-7+,25-10?/t20-,24-,26+,27-,28-,29+,30+,31+,33-,34+/m0/s1. The van der Waals surface area contributed by atoms with Gasteiger partial charge in [-0.25, -0.2) is 0 Å². The molecular weight excluding hydrogens is 552 g/mol. The van der Waals surface area contributed by atoms with Gasteiger partial charge < -0.3 is 39.4 Å². The van der Waals surface area contributed by atoms with Crippen LogP contribution in [0, 0.1) is 17.8 Å². The summed E-state index contributed by atoms with van der Waals surface area (Å²) in [6, 6.07) is 0. The number of aliphatic hydroxyl groups is 4. The van der Waals surface area contributed by atoms with E-state index in [0.29, 0.717) is 24.0 Å². The molecule has 2 bridgehead atoms. The molecule has 2 saturated heterocycles. The number of allylic oxidation sites excluding steroid dienone is 5. The van der Waals surface area contributed by atoms with Crippen molar-refractivity contribution in [2.24, 2.45) is 17.8 Å². The first-order chi connectivity index (χ1) is 20.4. The van der Waals surface area contributed by atoms with Crippen LogP contribution in [0.5, 0.6) is 0 Å². The molecule has 4 aliphatic rings. The quantitative estimate of drug-likeness (QED) is 0.265. The van der Waals surface area contributed by atoms with Crippen LogP contribution in [0.15, 0.2) is 58.7 Å². The number of rotatable bonds is 6. The summed E-state index contributed by atoms with van der Waals surface area (Å²) >= 11 is 0. The molecule has 240 valence electrons. The van der Waals surface area contributed by atoms with E-state index < -0.39 is 60.4 Å². The SMILES string of the molecule is C/C=C(\C)[C@@H](O[C@]1(CO)C[C@@H]2C[C@@H](C/C=C(\C)C[C@@H](C)/C=C/C=C3CO[C@@H]4[C@H](O)C(C)=C[C@@H](C(=O)O2)[C@]34O)O1)[C@@H](C)CO. The van der Waals surface area contributed by atoms with Gasteiger partial charge in [-0.05, 0) is 63.2 Å². The van der Waals surface area contributed by atoms with Crippen LogP contribution in [-0.2, 0) is 23.7 Å². The van der Waals surface area contributed by atoms with Gasteiger partial charge in [-0.2, -0.15) is 0 Å². The number of aliphatic hydroxyl groups excluding tert-OH is 3. The Balaban J connectivity index is 1.75. The normalized spacial score (nSPS) is 40.7. The molecule has 4 N–H and O–H groups in total. The summed E-state index contributed by atoms with van der Waals surface area (Å²) in [4.78, 5) is 13.9. The van der Waals surface area contributed by atoms with Crippen molar-refractivity contribution >= 4 is 5.97 Å². The predicted molar refractivity (Wildman–Crippen MR) is 162 cm³/mol. The Morgan fingerprint density at radius 3 is 2.67 bits per heavy atom. The summed E-state index contributed by atoms with van der Waals surface area (Å²) in [7, 11) is 0. The molecule has 9 heteroatoms. The summed E-state index contributed by atoms with van der Waals surface area (Å²) < 4.78 is 25.0. The molecule has 0 aromatic carbocycles. The maximum Gasteiger partial charge on any atom is 0.316 e. The maximum atomic E-state index is 13.9. The Morgan fingerprint density at radius 2 is 2.00 bits per heavy atom. The molecule has 0 radical (unpaired) electrons. The van der Waals surface area contributed by atoms with E-state index >= 15 is 0 Å². The highest BCUT2D eigenvalue weighted by molar-refractivity contribution is 5.78. The van der Waals surface area contributed by atoms with E-state index in [4.69, 9.17) is 18.9 Å². The average Bonchev–Trinajstić information content (AvgIpc) is 3.32. The third-order valence-corrected chi connectivity index (χ3v) is 9.41. The van der Waals surface area contributed by atoms with Crippen LogP contribution >= 0.6 is 0 Å². The van der Waals surface area contributed by atoms with E-state index in [2.05, 4.69) is 19.9 Å². The number of fused-ring (bicyclic) bond motifs is 2. The van der Waals surface area contributed by atoms with Crippen LogP contribution in [0.4, 0.5) is 0 Å². The molecule has 10 atom stereocenters. The molecule has 0 unspecified atom stereocenters. The molecule has 43 heavy (non-hydrogen) atoms. The smallest absolute Gasteiger partial charge is 0.316 e. The van der Waals surface area contributed by atoms with Gasteiger partial charge in [0, 0.05) is 25.4 Å². The zero-order valence-electron chi connectivity index (χ0n) is 26.4. The van der Waals surface area contributed by atoms with Gasteiger partial charge in [0.15, 0.2) is 5.79 Å². The molecular formula is C34H50O9. The Morgan fingerprint density at radius 1 is 1.26 bits per heavy atom. The van der Waals surface area contributed by atoms with Gasteiger partial charge in [-0.3, -0.25) is 4.79 Å². The first-order valence-electron chi connectivity index (χ1n) is 15.5. The Hall–Kier alpha value is -2.11. The van der Waals surface area contributed by atoms with Gasteiger partial charge in [-0.15, -0.1) is 0 Å². The minimum absolute atomic E-state index is 0.0684. The molecule has 4 rings (SSSR count). The summed E-state index contributed by atoms with van der Waals surface area (Å²) in [5.41, 5.74) is 1.31. The lowest BCUT2D eigenvalue weighted by Gasteiger charge is -2.46. The number of hydrogen-bond donors (Lipinski definition) is 4. The fourth-order valence-electron chi connectivity index (χ4n) is 6.78. The molecule has 2 fully saturated rings. The van der Waals surface area contributed by atoms with E-state index in [9.17, 15) is 25.2 Å². The first kappa shape index (κ1) is 33.8. The summed E-state index contributed by atoms with van der Waals surface area (Å²) in [5, 5.41) is 43.6. The second-order valence-corrected chi connectivity index (χ2v) is 13.0. The Kier molecular flexibility index (Phi) is 10.9. The number of esters is 1. The van der Waals surface area contributed by atoms with E-state index in [0.717, 1.165) is 12.0 Å². The lowest BCUT2D eigenvalue weighted by atomic mass is 9.71.